The molecular formula is C18H16BrN3O3. The first-order chi connectivity index (χ1) is 12.0. The first-order valence-corrected chi connectivity index (χ1v) is 8.63. The van der Waals surface area contributed by atoms with Gasteiger partial charge in [-0.1, -0.05) is 33.3 Å². The summed E-state index contributed by atoms with van der Waals surface area (Å²) in [6, 6.07) is 12.0. The molecule has 2 aromatic carbocycles. The lowest BCUT2D eigenvalue weighted by molar-refractivity contribution is 0.0319. The van der Waals surface area contributed by atoms with E-state index in [4.69, 9.17) is 4.74 Å². The largest absolute Gasteiger partial charge is 0.451 e. The summed E-state index contributed by atoms with van der Waals surface area (Å²) >= 11 is 3.32. The smallest absolute Gasteiger partial charge is 0.338 e. The Morgan fingerprint density at radius 1 is 1.16 bits per heavy atom. The van der Waals surface area contributed by atoms with Crippen LogP contribution in [0.1, 0.15) is 34.6 Å². The first-order valence-electron chi connectivity index (χ1n) is 7.83. The Labute approximate surface area is 152 Å². The lowest BCUT2D eigenvalue weighted by Crippen LogP contribution is -2.24. The maximum absolute atomic E-state index is 12.4. The van der Waals surface area contributed by atoms with Gasteiger partial charge < -0.3 is 4.74 Å². The highest BCUT2D eigenvalue weighted by molar-refractivity contribution is 9.10. The maximum atomic E-state index is 12.4. The molecule has 7 heteroatoms. The molecule has 0 aliphatic rings. The van der Waals surface area contributed by atoms with E-state index in [9.17, 15) is 9.59 Å². The zero-order valence-corrected chi connectivity index (χ0v) is 15.4. The number of carbonyl (C=O) groups excluding carboxylic acids is 2. The van der Waals surface area contributed by atoms with Gasteiger partial charge in [-0.3, -0.25) is 4.79 Å². The summed E-state index contributed by atoms with van der Waals surface area (Å²) in [5.74, 6) is -0.815. The number of benzene rings is 2. The zero-order chi connectivity index (χ0) is 18.0. The van der Waals surface area contributed by atoms with Crippen molar-refractivity contribution in [3.05, 3.63) is 58.1 Å². The molecule has 1 heterocycles. The fourth-order valence-electron chi connectivity index (χ4n) is 2.46. The van der Waals surface area contributed by atoms with E-state index >= 15 is 0 Å². The number of rotatable bonds is 5. The van der Waals surface area contributed by atoms with Gasteiger partial charge in [0.25, 0.3) is 0 Å². The number of Topliss-reactive ketones (excluding diaryl/α,β-unsaturated/α-hetero) is 1. The summed E-state index contributed by atoms with van der Waals surface area (Å²) in [6.07, 6.45) is -0.879. The Hall–Kier alpha value is -2.54. The average molecular weight is 402 g/mol. The number of carbonyl (C=O) groups is 2. The first kappa shape index (κ1) is 17.3. The van der Waals surface area contributed by atoms with Crippen LogP contribution in [0, 0.1) is 0 Å². The molecule has 0 amide bonds. The molecule has 3 rings (SSSR count). The average Bonchev–Trinajstić information content (AvgIpc) is 3.03. The van der Waals surface area contributed by atoms with E-state index < -0.39 is 12.1 Å². The summed E-state index contributed by atoms with van der Waals surface area (Å²) in [4.78, 5) is 24.7. The molecule has 1 aromatic heterocycles. The van der Waals surface area contributed by atoms with Crippen molar-refractivity contribution >= 4 is 38.7 Å². The van der Waals surface area contributed by atoms with Gasteiger partial charge in [0, 0.05) is 16.6 Å². The van der Waals surface area contributed by atoms with Crippen molar-refractivity contribution in [3.63, 3.8) is 0 Å². The Bertz CT molecular complexity index is 934. The predicted octanol–water partition coefficient (Wildman–Crippen LogP) is 3.64. The van der Waals surface area contributed by atoms with E-state index in [-0.39, 0.29) is 5.78 Å². The van der Waals surface area contributed by atoms with Crippen molar-refractivity contribution in [2.45, 2.75) is 26.5 Å². The van der Waals surface area contributed by atoms with Crippen LogP contribution in [0.3, 0.4) is 0 Å². The molecule has 0 bridgehead atoms. The van der Waals surface area contributed by atoms with Crippen LogP contribution in [0.4, 0.5) is 0 Å². The van der Waals surface area contributed by atoms with Crippen molar-refractivity contribution in [1.29, 1.82) is 0 Å². The Morgan fingerprint density at radius 3 is 2.52 bits per heavy atom. The summed E-state index contributed by atoms with van der Waals surface area (Å²) < 4.78 is 7.93. The van der Waals surface area contributed by atoms with Crippen LogP contribution in [0.25, 0.3) is 11.0 Å². The SMILES string of the molecule is CCn1nnc2cc(C(=O)O[C@H](C)C(=O)c3ccc(Br)cc3)ccc21. The van der Waals surface area contributed by atoms with Crippen molar-refractivity contribution in [2.24, 2.45) is 0 Å². The quantitative estimate of drug-likeness (QED) is 0.481. The second-order valence-corrected chi connectivity index (χ2v) is 6.44. The van der Waals surface area contributed by atoms with Gasteiger partial charge in [-0.2, -0.15) is 0 Å². The lowest BCUT2D eigenvalue weighted by atomic mass is 10.1. The molecule has 0 unspecified atom stereocenters. The van der Waals surface area contributed by atoms with Crippen molar-refractivity contribution in [1.82, 2.24) is 15.0 Å². The number of nitrogens with zero attached hydrogens (tertiary/aromatic N) is 3. The number of ether oxygens (including phenoxy) is 1. The number of esters is 1. The number of fused-ring (bicyclic) bond motifs is 1. The van der Waals surface area contributed by atoms with Gasteiger partial charge in [-0.25, -0.2) is 9.48 Å². The number of aromatic nitrogens is 3. The van der Waals surface area contributed by atoms with Gasteiger partial charge in [0.1, 0.15) is 5.52 Å². The maximum Gasteiger partial charge on any atom is 0.338 e. The number of hydrogen-bond acceptors (Lipinski definition) is 5. The van der Waals surface area contributed by atoms with Crippen LogP contribution < -0.4 is 0 Å². The molecule has 0 fully saturated rings. The van der Waals surface area contributed by atoms with Gasteiger partial charge in [-0.15, -0.1) is 5.10 Å². The Kier molecular flexibility index (Phi) is 4.94. The standard InChI is InChI=1S/C18H16BrN3O3/c1-3-22-16-9-6-13(10-15(16)20-21-22)18(24)25-11(2)17(23)12-4-7-14(19)8-5-12/h4-11H,3H2,1-2H3/t11-/m1/s1. The molecule has 0 aliphatic heterocycles. The molecule has 0 N–H and O–H groups in total. The molecule has 3 aromatic rings. The van der Waals surface area contributed by atoms with E-state index in [2.05, 4.69) is 26.2 Å². The van der Waals surface area contributed by atoms with E-state index in [1.165, 1.54) is 0 Å². The van der Waals surface area contributed by atoms with Gasteiger partial charge in [-0.05, 0) is 44.2 Å². The van der Waals surface area contributed by atoms with Gasteiger partial charge in [0.15, 0.2) is 6.10 Å². The van der Waals surface area contributed by atoms with Crippen molar-refractivity contribution in [3.8, 4) is 0 Å². The fourth-order valence-corrected chi connectivity index (χ4v) is 2.73. The Balaban J connectivity index is 1.74. The molecule has 128 valence electrons. The van der Waals surface area contributed by atoms with E-state index in [0.717, 1.165) is 9.99 Å². The minimum absolute atomic E-state index is 0.251. The van der Waals surface area contributed by atoms with Crippen molar-refractivity contribution in [2.75, 3.05) is 0 Å². The highest BCUT2D eigenvalue weighted by Gasteiger charge is 2.21. The van der Waals surface area contributed by atoms with Gasteiger partial charge >= 0.3 is 5.97 Å². The number of aryl methyl sites for hydroxylation is 1. The van der Waals surface area contributed by atoms with Crippen LogP contribution >= 0.6 is 15.9 Å². The number of hydrogen-bond donors (Lipinski definition) is 0. The summed E-state index contributed by atoms with van der Waals surface area (Å²) in [7, 11) is 0. The van der Waals surface area contributed by atoms with Crippen LogP contribution in [0.2, 0.25) is 0 Å². The second kappa shape index (κ2) is 7.14. The Morgan fingerprint density at radius 2 is 1.84 bits per heavy atom. The summed E-state index contributed by atoms with van der Waals surface area (Å²) in [5.41, 5.74) is 2.29. The normalized spacial score (nSPS) is 12.1. The molecule has 1 atom stereocenters. The molecule has 0 aliphatic carbocycles. The number of ketones is 1. The van der Waals surface area contributed by atoms with E-state index in [1.807, 2.05) is 6.92 Å². The third kappa shape index (κ3) is 3.61. The predicted molar refractivity (Wildman–Crippen MR) is 96.6 cm³/mol. The molecule has 6 nitrogen and oxygen atoms in total. The molecular weight excluding hydrogens is 386 g/mol. The van der Waals surface area contributed by atoms with Crippen molar-refractivity contribution < 1.29 is 14.3 Å². The summed E-state index contributed by atoms with van der Waals surface area (Å²) in [5, 5.41) is 8.04. The van der Waals surface area contributed by atoms with Crippen LogP contribution in [-0.2, 0) is 11.3 Å². The third-order valence-electron chi connectivity index (χ3n) is 3.83. The second-order valence-electron chi connectivity index (χ2n) is 5.53. The van der Waals surface area contributed by atoms with E-state index in [1.54, 1.807) is 54.1 Å². The fraction of sp³-hybridized carbons (Fsp3) is 0.222. The molecule has 0 radical (unpaired) electrons. The monoisotopic (exact) mass is 401 g/mol. The van der Waals surface area contributed by atoms with Crippen LogP contribution in [0.15, 0.2) is 46.9 Å². The third-order valence-corrected chi connectivity index (χ3v) is 4.36. The molecule has 0 saturated carbocycles. The van der Waals surface area contributed by atoms with Crippen LogP contribution in [-0.4, -0.2) is 32.9 Å². The summed E-state index contributed by atoms with van der Waals surface area (Å²) in [6.45, 7) is 4.22. The highest BCUT2D eigenvalue weighted by Crippen LogP contribution is 2.17. The topological polar surface area (TPSA) is 74.1 Å². The zero-order valence-electron chi connectivity index (χ0n) is 13.8. The molecule has 25 heavy (non-hydrogen) atoms. The molecule has 0 saturated heterocycles. The van der Waals surface area contributed by atoms with Gasteiger partial charge in [0.05, 0.1) is 11.1 Å². The van der Waals surface area contributed by atoms with Gasteiger partial charge in [0.2, 0.25) is 5.78 Å². The number of halogens is 1. The minimum Gasteiger partial charge on any atom is -0.451 e. The highest BCUT2D eigenvalue weighted by atomic mass is 79.9. The molecule has 0 spiro atoms. The minimum atomic E-state index is -0.879. The van der Waals surface area contributed by atoms with E-state index in [0.29, 0.717) is 23.2 Å². The lowest BCUT2D eigenvalue weighted by Gasteiger charge is -2.12. The van der Waals surface area contributed by atoms with Crippen LogP contribution in [0.5, 0.6) is 0 Å².